The van der Waals surface area contributed by atoms with Gasteiger partial charge in [-0.05, 0) is 30.0 Å². The third-order valence-electron chi connectivity index (χ3n) is 2.91. The number of aliphatic carboxylic acids is 1. The Morgan fingerprint density at radius 3 is 2.64 bits per heavy atom. The fourth-order valence-electron chi connectivity index (χ4n) is 2.20. The van der Waals surface area contributed by atoms with Crippen LogP contribution in [-0.2, 0) is 4.79 Å². The van der Waals surface area contributed by atoms with Gasteiger partial charge in [0.25, 0.3) is 0 Å². The van der Waals surface area contributed by atoms with Crippen molar-refractivity contribution in [3.8, 4) is 0 Å². The lowest BCUT2D eigenvalue weighted by molar-refractivity contribution is -0.138. The molecule has 2 rings (SSSR count). The molecule has 1 aliphatic rings. The van der Waals surface area contributed by atoms with Gasteiger partial charge in [0.05, 0.1) is 5.92 Å². The molecule has 0 bridgehead atoms. The lowest BCUT2D eigenvalue weighted by Crippen LogP contribution is -2.11. The molecule has 1 aliphatic carbocycles. The molecule has 0 aromatic heterocycles. The summed E-state index contributed by atoms with van der Waals surface area (Å²) in [6, 6.07) is 7.69. The van der Waals surface area contributed by atoms with Crippen molar-refractivity contribution in [1.82, 2.24) is 0 Å². The Bertz CT molecular complexity index is 362. The largest absolute Gasteiger partial charge is 0.481 e. The van der Waals surface area contributed by atoms with Gasteiger partial charge in [-0.25, -0.2) is 0 Å². The molecule has 0 heterocycles. The quantitative estimate of drug-likeness (QED) is 0.740. The standard InChI is InChI=1S/C11H13NO2/c12-6-7-5-10(11(13)14)9-4-2-1-3-8(7)9/h1-4,7,10H,5-6,12H2,(H,13,14). The van der Waals surface area contributed by atoms with Gasteiger partial charge >= 0.3 is 5.97 Å². The van der Waals surface area contributed by atoms with Crippen LogP contribution in [0.4, 0.5) is 0 Å². The number of nitrogens with two attached hydrogens (primary N) is 1. The number of hydrogen-bond acceptors (Lipinski definition) is 2. The molecule has 0 aliphatic heterocycles. The summed E-state index contributed by atoms with van der Waals surface area (Å²) in [6.45, 7) is 0.529. The molecule has 74 valence electrons. The minimum atomic E-state index is -0.742. The minimum Gasteiger partial charge on any atom is -0.481 e. The summed E-state index contributed by atoms with van der Waals surface area (Å²) in [5.74, 6) is -0.888. The van der Waals surface area contributed by atoms with Crippen LogP contribution < -0.4 is 5.73 Å². The number of hydrogen-bond donors (Lipinski definition) is 2. The molecule has 0 spiro atoms. The van der Waals surface area contributed by atoms with Crippen molar-refractivity contribution in [3.63, 3.8) is 0 Å². The average molecular weight is 191 g/mol. The van der Waals surface area contributed by atoms with Gasteiger partial charge in [-0.15, -0.1) is 0 Å². The topological polar surface area (TPSA) is 63.3 Å². The summed E-state index contributed by atoms with van der Waals surface area (Å²) in [5, 5.41) is 9.03. The van der Waals surface area contributed by atoms with E-state index in [1.54, 1.807) is 0 Å². The third kappa shape index (κ3) is 1.30. The van der Waals surface area contributed by atoms with Gasteiger partial charge in [0.15, 0.2) is 0 Å². The van der Waals surface area contributed by atoms with Crippen molar-refractivity contribution < 1.29 is 9.90 Å². The van der Waals surface area contributed by atoms with Gasteiger partial charge in [-0.2, -0.15) is 0 Å². The van der Waals surface area contributed by atoms with Crippen molar-refractivity contribution in [2.75, 3.05) is 6.54 Å². The maximum Gasteiger partial charge on any atom is 0.311 e. The van der Waals surface area contributed by atoms with E-state index in [4.69, 9.17) is 10.8 Å². The lowest BCUT2D eigenvalue weighted by atomic mass is 10.0. The molecule has 14 heavy (non-hydrogen) atoms. The van der Waals surface area contributed by atoms with Crippen LogP contribution in [-0.4, -0.2) is 17.6 Å². The highest BCUT2D eigenvalue weighted by molar-refractivity contribution is 5.78. The van der Waals surface area contributed by atoms with Crippen LogP contribution in [0.25, 0.3) is 0 Å². The van der Waals surface area contributed by atoms with Gasteiger partial charge in [-0.3, -0.25) is 4.79 Å². The molecular weight excluding hydrogens is 178 g/mol. The Hall–Kier alpha value is -1.35. The van der Waals surface area contributed by atoms with E-state index in [0.29, 0.717) is 13.0 Å². The Labute approximate surface area is 82.5 Å². The van der Waals surface area contributed by atoms with E-state index in [0.717, 1.165) is 11.1 Å². The van der Waals surface area contributed by atoms with Crippen LogP contribution in [0.1, 0.15) is 29.4 Å². The van der Waals surface area contributed by atoms with E-state index >= 15 is 0 Å². The molecular formula is C11H13NO2. The molecule has 0 fully saturated rings. The smallest absolute Gasteiger partial charge is 0.311 e. The maximum atomic E-state index is 11.0. The number of carboxylic acids is 1. The Balaban J connectivity index is 2.43. The second kappa shape index (κ2) is 3.42. The Morgan fingerprint density at radius 1 is 1.43 bits per heavy atom. The molecule has 0 saturated heterocycles. The Kier molecular flexibility index (Phi) is 2.25. The average Bonchev–Trinajstić information content (AvgIpc) is 2.56. The van der Waals surface area contributed by atoms with Crippen molar-refractivity contribution in [1.29, 1.82) is 0 Å². The molecule has 3 nitrogen and oxygen atoms in total. The highest BCUT2D eigenvalue weighted by atomic mass is 16.4. The minimum absolute atomic E-state index is 0.215. The van der Waals surface area contributed by atoms with Gasteiger partial charge in [-0.1, -0.05) is 24.3 Å². The molecule has 3 heteroatoms. The van der Waals surface area contributed by atoms with Crippen molar-refractivity contribution >= 4 is 5.97 Å². The van der Waals surface area contributed by atoms with Crippen LogP contribution in [0, 0.1) is 0 Å². The highest BCUT2D eigenvalue weighted by Crippen LogP contribution is 2.40. The maximum absolute atomic E-state index is 11.0. The number of rotatable bonds is 2. The lowest BCUT2D eigenvalue weighted by Gasteiger charge is -2.06. The van der Waals surface area contributed by atoms with E-state index in [1.807, 2.05) is 24.3 Å². The third-order valence-corrected chi connectivity index (χ3v) is 2.91. The van der Waals surface area contributed by atoms with Crippen LogP contribution in [0.3, 0.4) is 0 Å². The zero-order valence-corrected chi connectivity index (χ0v) is 7.81. The normalized spacial score (nSPS) is 24.6. The van der Waals surface area contributed by atoms with Gasteiger partial charge in [0.1, 0.15) is 0 Å². The van der Waals surface area contributed by atoms with E-state index < -0.39 is 5.97 Å². The van der Waals surface area contributed by atoms with Crippen LogP contribution in [0.5, 0.6) is 0 Å². The van der Waals surface area contributed by atoms with Crippen LogP contribution in [0.2, 0.25) is 0 Å². The fraction of sp³-hybridized carbons (Fsp3) is 0.364. The van der Waals surface area contributed by atoms with E-state index in [1.165, 1.54) is 0 Å². The van der Waals surface area contributed by atoms with Crippen LogP contribution in [0.15, 0.2) is 24.3 Å². The van der Waals surface area contributed by atoms with Gasteiger partial charge < -0.3 is 10.8 Å². The van der Waals surface area contributed by atoms with E-state index in [2.05, 4.69) is 0 Å². The summed E-state index contributed by atoms with van der Waals surface area (Å²) in [5.41, 5.74) is 7.67. The molecule has 0 amide bonds. The molecule has 0 radical (unpaired) electrons. The fourth-order valence-corrected chi connectivity index (χ4v) is 2.20. The summed E-state index contributed by atoms with van der Waals surface area (Å²) in [7, 11) is 0. The second-order valence-corrected chi connectivity index (χ2v) is 3.69. The van der Waals surface area contributed by atoms with Crippen molar-refractivity contribution in [2.24, 2.45) is 5.73 Å². The predicted molar refractivity (Wildman–Crippen MR) is 53.2 cm³/mol. The van der Waals surface area contributed by atoms with Crippen LogP contribution >= 0.6 is 0 Å². The molecule has 0 saturated carbocycles. The number of carbonyl (C=O) groups is 1. The second-order valence-electron chi connectivity index (χ2n) is 3.69. The first-order valence-electron chi connectivity index (χ1n) is 4.75. The van der Waals surface area contributed by atoms with Gasteiger partial charge in [0, 0.05) is 0 Å². The summed E-state index contributed by atoms with van der Waals surface area (Å²) in [4.78, 5) is 11.0. The highest BCUT2D eigenvalue weighted by Gasteiger charge is 2.33. The zero-order chi connectivity index (χ0) is 10.1. The SMILES string of the molecule is NCC1CC(C(=O)O)c2ccccc21. The first-order valence-corrected chi connectivity index (χ1v) is 4.75. The number of carboxylic acid groups (broad SMARTS) is 1. The first kappa shape index (κ1) is 9.21. The molecule has 2 unspecified atom stereocenters. The number of fused-ring (bicyclic) bond motifs is 1. The van der Waals surface area contributed by atoms with E-state index in [9.17, 15) is 4.79 Å². The number of benzene rings is 1. The Morgan fingerprint density at radius 2 is 2.07 bits per heavy atom. The molecule has 1 aromatic carbocycles. The summed E-state index contributed by atoms with van der Waals surface area (Å²) >= 11 is 0. The van der Waals surface area contributed by atoms with Crippen molar-refractivity contribution in [3.05, 3.63) is 35.4 Å². The zero-order valence-electron chi connectivity index (χ0n) is 7.81. The summed E-state index contributed by atoms with van der Waals surface area (Å²) in [6.07, 6.45) is 0.644. The molecule has 2 atom stereocenters. The molecule has 1 aromatic rings. The van der Waals surface area contributed by atoms with Crippen molar-refractivity contribution in [2.45, 2.75) is 18.3 Å². The van der Waals surface area contributed by atoms with E-state index in [-0.39, 0.29) is 11.8 Å². The molecule has 3 N–H and O–H groups in total. The van der Waals surface area contributed by atoms with Gasteiger partial charge in [0.2, 0.25) is 0 Å². The monoisotopic (exact) mass is 191 g/mol. The predicted octanol–water partition coefficient (Wildman–Crippen LogP) is 1.30. The summed E-state index contributed by atoms with van der Waals surface area (Å²) < 4.78 is 0. The first-order chi connectivity index (χ1) is 6.74.